The molecule has 0 spiro atoms. The van der Waals surface area contributed by atoms with E-state index < -0.39 is 22.0 Å². The van der Waals surface area contributed by atoms with Gasteiger partial charge in [0, 0.05) is 19.2 Å². The van der Waals surface area contributed by atoms with Crippen molar-refractivity contribution >= 4 is 21.8 Å². The topological polar surface area (TPSA) is 78.0 Å². The van der Waals surface area contributed by atoms with E-state index in [4.69, 9.17) is 0 Å². The van der Waals surface area contributed by atoms with Gasteiger partial charge >= 0.3 is 0 Å². The zero-order chi connectivity index (χ0) is 19.8. The summed E-state index contributed by atoms with van der Waals surface area (Å²) in [5.74, 6) is -0.972. The van der Waals surface area contributed by atoms with E-state index in [0.717, 1.165) is 30.2 Å². The monoisotopic (exact) mass is 397 g/mol. The highest BCUT2D eigenvalue weighted by atomic mass is 32.2. The summed E-state index contributed by atoms with van der Waals surface area (Å²) < 4.78 is 25.4. The van der Waals surface area contributed by atoms with E-state index in [1.54, 1.807) is 11.0 Å². The highest BCUT2D eigenvalue weighted by Gasteiger charge is 2.58. The molecule has 3 fully saturated rings. The van der Waals surface area contributed by atoms with Crippen LogP contribution in [0.3, 0.4) is 0 Å². The molecule has 0 aromatic carbocycles. The van der Waals surface area contributed by atoms with Gasteiger partial charge in [0.1, 0.15) is 0 Å². The van der Waals surface area contributed by atoms with Crippen LogP contribution in [0, 0.1) is 11.8 Å². The molecular weight excluding hydrogens is 366 g/mol. The number of hydrogen-bond donors (Lipinski definition) is 0. The highest BCUT2D eigenvalue weighted by Crippen LogP contribution is 2.41. The Hall–Kier alpha value is -1.41. The van der Waals surface area contributed by atoms with Crippen molar-refractivity contribution in [2.45, 2.75) is 51.6 Å². The van der Waals surface area contributed by atoms with Crippen molar-refractivity contribution in [3.8, 4) is 0 Å². The Morgan fingerprint density at radius 1 is 1.19 bits per heavy atom. The van der Waals surface area contributed by atoms with Crippen LogP contribution in [-0.4, -0.2) is 78.9 Å². The second-order valence-corrected chi connectivity index (χ2v) is 10.2. The van der Waals surface area contributed by atoms with Gasteiger partial charge < -0.3 is 4.90 Å². The lowest BCUT2D eigenvalue weighted by molar-refractivity contribution is -0.131. The lowest BCUT2D eigenvalue weighted by Gasteiger charge is -2.28. The van der Waals surface area contributed by atoms with Gasteiger partial charge in [-0.1, -0.05) is 26.3 Å². The van der Waals surface area contributed by atoms with E-state index in [2.05, 4.69) is 4.90 Å². The summed E-state index contributed by atoms with van der Waals surface area (Å²) in [7, 11) is -3.63. The first-order chi connectivity index (χ1) is 12.7. The summed E-state index contributed by atoms with van der Waals surface area (Å²) in [6.07, 6.45) is 8.77. The Labute approximate surface area is 162 Å². The van der Waals surface area contributed by atoms with Gasteiger partial charge in [0.05, 0.1) is 24.3 Å². The van der Waals surface area contributed by atoms with Crippen molar-refractivity contribution in [3.05, 3.63) is 12.2 Å². The molecule has 2 amide bonds. The van der Waals surface area contributed by atoms with Gasteiger partial charge in [0.2, 0.25) is 21.8 Å². The fraction of sp³-hybridized carbons (Fsp3) is 0.789. The molecule has 3 aliphatic heterocycles. The molecule has 8 heteroatoms. The molecule has 0 saturated carbocycles. The van der Waals surface area contributed by atoms with Gasteiger partial charge in [-0.3, -0.25) is 14.5 Å². The van der Waals surface area contributed by atoms with Crippen LogP contribution in [0.25, 0.3) is 0 Å². The maximum Gasteiger partial charge on any atom is 0.246 e. The van der Waals surface area contributed by atoms with Crippen molar-refractivity contribution in [2.75, 3.05) is 32.4 Å². The molecule has 152 valence electrons. The molecule has 3 unspecified atom stereocenters. The van der Waals surface area contributed by atoms with E-state index in [1.807, 2.05) is 19.9 Å². The molecular formula is C19H31N3O4S. The van der Waals surface area contributed by atoms with E-state index in [0.29, 0.717) is 13.0 Å². The lowest BCUT2D eigenvalue weighted by atomic mass is 9.88. The fourth-order valence-corrected chi connectivity index (χ4v) is 6.00. The number of rotatable bonds is 5. The summed E-state index contributed by atoms with van der Waals surface area (Å²) in [4.78, 5) is 29.6. The van der Waals surface area contributed by atoms with Gasteiger partial charge in [-0.15, -0.1) is 0 Å². The second kappa shape index (κ2) is 7.91. The zero-order valence-corrected chi connectivity index (χ0v) is 17.3. The number of carbonyl (C=O) groups is 2. The molecule has 7 nitrogen and oxygen atoms in total. The minimum atomic E-state index is -3.63. The van der Waals surface area contributed by atoms with Crippen molar-refractivity contribution in [2.24, 2.45) is 11.8 Å². The third kappa shape index (κ3) is 4.06. The molecule has 0 radical (unpaired) electrons. The predicted octanol–water partition coefficient (Wildman–Crippen LogP) is 1.07. The van der Waals surface area contributed by atoms with Crippen LogP contribution < -0.4 is 0 Å². The molecule has 3 aliphatic rings. The number of amides is 2. The SMILES string of the molecule is CC(C)C1C(=O)N(S(C)(=O)=O)C2CCN(C(=O)/C=C/CN3CCCCC3)C12. The number of hydrogen-bond acceptors (Lipinski definition) is 5. The predicted molar refractivity (Wildman–Crippen MR) is 103 cm³/mol. The van der Waals surface area contributed by atoms with Crippen molar-refractivity contribution < 1.29 is 18.0 Å². The van der Waals surface area contributed by atoms with Gasteiger partial charge in [0.15, 0.2) is 0 Å². The number of sulfonamides is 1. The zero-order valence-electron chi connectivity index (χ0n) is 16.5. The van der Waals surface area contributed by atoms with Crippen LogP contribution in [0.1, 0.15) is 39.5 Å². The van der Waals surface area contributed by atoms with Crippen molar-refractivity contribution in [1.29, 1.82) is 0 Å². The van der Waals surface area contributed by atoms with Gasteiger partial charge in [-0.2, -0.15) is 0 Å². The first-order valence-corrected chi connectivity index (χ1v) is 11.8. The fourth-order valence-electron chi connectivity index (χ4n) is 4.83. The second-order valence-electron chi connectivity index (χ2n) is 8.31. The maximum atomic E-state index is 12.8. The minimum Gasteiger partial charge on any atom is -0.333 e. The molecule has 0 aromatic heterocycles. The van der Waals surface area contributed by atoms with Crippen LogP contribution in [0.5, 0.6) is 0 Å². The molecule has 0 bridgehead atoms. The Kier molecular flexibility index (Phi) is 5.96. The largest absolute Gasteiger partial charge is 0.333 e. The quantitative estimate of drug-likeness (QED) is 0.649. The van der Waals surface area contributed by atoms with Gasteiger partial charge in [-0.05, 0) is 38.3 Å². The first kappa shape index (κ1) is 20.3. The maximum absolute atomic E-state index is 12.8. The van der Waals surface area contributed by atoms with Crippen LogP contribution in [0.4, 0.5) is 0 Å². The molecule has 3 rings (SSSR count). The highest BCUT2D eigenvalue weighted by molar-refractivity contribution is 7.88. The first-order valence-electron chi connectivity index (χ1n) is 9.94. The molecule has 0 aliphatic carbocycles. The number of likely N-dealkylation sites (tertiary alicyclic amines) is 2. The van der Waals surface area contributed by atoms with Crippen LogP contribution in [0.15, 0.2) is 12.2 Å². The smallest absolute Gasteiger partial charge is 0.246 e. The standard InChI is InChI=1S/C19H31N3O4S/c1-14(2)17-18-15(22(19(17)24)27(3,25)26)9-13-21(18)16(23)8-7-12-20-10-5-4-6-11-20/h7-8,14-15,17-18H,4-6,9-13H2,1-3H3/b8-7+. The molecule has 3 saturated heterocycles. The average Bonchev–Trinajstić information content (AvgIpc) is 3.11. The summed E-state index contributed by atoms with van der Waals surface area (Å²) in [6.45, 7) is 7.22. The summed E-state index contributed by atoms with van der Waals surface area (Å²) in [5.41, 5.74) is 0. The third-order valence-corrected chi connectivity index (χ3v) is 7.19. The number of fused-ring (bicyclic) bond motifs is 1. The third-order valence-electron chi connectivity index (χ3n) is 6.02. The lowest BCUT2D eigenvalue weighted by Crippen LogP contribution is -2.43. The normalized spacial score (nSPS) is 29.9. The van der Waals surface area contributed by atoms with E-state index in [-0.39, 0.29) is 23.8 Å². The Morgan fingerprint density at radius 3 is 2.44 bits per heavy atom. The van der Waals surface area contributed by atoms with Crippen molar-refractivity contribution in [3.63, 3.8) is 0 Å². The Balaban J connectivity index is 1.73. The number of carbonyl (C=O) groups excluding carboxylic acids is 2. The van der Waals surface area contributed by atoms with Crippen LogP contribution in [-0.2, 0) is 19.6 Å². The molecule has 27 heavy (non-hydrogen) atoms. The Bertz CT molecular complexity index is 712. The van der Waals surface area contributed by atoms with Crippen LogP contribution in [0.2, 0.25) is 0 Å². The van der Waals surface area contributed by atoms with E-state index >= 15 is 0 Å². The average molecular weight is 398 g/mol. The minimum absolute atomic E-state index is 0.0255. The molecule has 3 heterocycles. The summed E-state index contributed by atoms with van der Waals surface area (Å²) in [5, 5.41) is 0. The van der Waals surface area contributed by atoms with Gasteiger partial charge in [-0.25, -0.2) is 12.7 Å². The molecule has 3 atom stereocenters. The Morgan fingerprint density at radius 2 is 1.85 bits per heavy atom. The van der Waals surface area contributed by atoms with Gasteiger partial charge in [0.25, 0.3) is 0 Å². The van der Waals surface area contributed by atoms with E-state index in [1.165, 1.54) is 19.3 Å². The number of piperidine rings is 1. The molecule has 0 N–H and O–H groups in total. The number of nitrogens with zero attached hydrogens (tertiary/aromatic N) is 3. The summed E-state index contributed by atoms with van der Waals surface area (Å²) >= 11 is 0. The van der Waals surface area contributed by atoms with E-state index in [9.17, 15) is 18.0 Å². The summed E-state index contributed by atoms with van der Waals surface area (Å²) in [6, 6.07) is -0.793. The van der Waals surface area contributed by atoms with Crippen molar-refractivity contribution in [1.82, 2.24) is 14.1 Å². The molecule has 0 aromatic rings. The van der Waals surface area contributed by atoms with Crippen LogP contribution >= 0.6 is 0 Å².